The van der Waals surface area contributed by atoms with E-state index in [9.17, 15) is 5.11 Å². The standard InChI is InChI=1S/C15H27NO2Si/c1-12(17)10-14(13-8-7-9-16-11-13)18-19(5,6)15(2,3)4/h7-9,11-12,14,17H,10H2,1-6H3. The van der Waals surface area contributed by atoms with E-state index < -0.39 is 8.32 Å². The summed E-state index contributed by atoms with van der Waals surface area (Å²) in [6, 6.07) is 3.94. The molecule has 108 valence electrons. The molecule has 2 atom stereocenters. The normalized spacial score (nSPS) is 16.2. The summed E-state index contributed by atoms with van der Waals surface area (Å²) in [6.45, 7) is 12.9. The van der Waals surface area contributed by atoms with E-state index in [1.54, 1.807) is 13.1 Å². The van der Waals surface area contributed by atoms with E-state index in [0.29, 0.717) is 6.42 Å². The van der Waals surface area contributed by atoms with Gasteiger partial charge in [-0.1, -0.05) is 26.8 Å². The number of pyridine rings is 1. The van der Waals surface area contributed by atoms with Crippen LogP contribution in [0.15, 0.2) is 24.5 Å². The summed E-state index contributed by atoms with van der Waals surface area (Å²) in [6.07, 6.45) is 3.75. The molecule has 0 aliphatic rings. The third-order valence-electron chi connectivity index (χ3n) is 3.85. The zero-order chi connectivity index (χ0) is 14.7. The molecular formula is C15H27NO2Si. The second kappa shape index (κ2) is 6.16. The van der Waals surface area contributed by atoms with Crippen molar-refractivity contribution in [3.8, 4) is 0 Å². The molecule has 3 nitrogen and oxygen atoms in total. The molecule has 0 aliphatic heterocycles. The van der Waals surface area contributed by atoms with E-state index in [-0.39, 0.29) is 17.2 Å². The number of rotatable bonds is 5. The number of hydrogen-bond donors (Lipinski definition) is 1. The average Bonchev–Trinajstić information content (AvgIpc) is 2.27. The molecule has 4 heteroatoms. The van der Waals surface area contributed by atoms with E-state index in [1.807, 2.05) is 18.3 Å². The van der Waals surface area contributed by atoms with Gasteiger partial charge in [0.1, 0.15) is 0 Å². The van der Waals surface area contributed by atoms with Crippen LogP contribution in [0.4, 0.5) is 0 Å². The fourth-order valence-electron chi connectivity index (χ4n) is 1.66. The SMILES string of the molecule is CC(O)CC(O[Si](C)(C)C(C)(C)C)c1cccnc1. The molecule has 0 saturated carbocycles. The van der Waals surface area contributed by atoms with Gasteiger partial charge in [-0.3, -0.25) is 4.98 Å². The van der Waals surface area contributed by atoms with E-state index >= 15 is 0 Å². The fraction of sp³-hybridized carbons (Fsp3) is 0.667. The van der Waals surface area contributed by atoms with Crippen molar-refractivity contribution in [2.45, 2.75) is 64.5 Å². The van der Waals surface area contributed by atoms with Crippen LogP contribution in [-0.2, 0) is 4.43 Å². The number of aliphatic hydroxyl groups is 1. The smallest absolute Gasteiger partial charge is 0.192 e. The maximum Gasteiger partial charge on any atom is 0.192 e. The minimum absolute atomic E-state index is 0.0745. The molecule has 1 aromatic heterocycles. The van der Waals surface area contributed by atoms with Gasteiger partial charge < -0.3 is 9.53 Å². The minimum atomic E-state index is -1.86. The minimum Gasteiger partial charge on any atom is -0.410 e. The Labute approximate surface area is 118 Å². The van der Waals surface area contributed by atoms with Crippen LogP contribution in [0.1, 0.15) is 45.8 Å². The van der Waals surface area contributed by atoms with Gasteiger partial charge in [-0.25, -0.2) is 0 Å². The molecule has 0 saturated heterocycles. The van der Waals surface area contributed by atoms with Crippen molar-refractivity contribution in [2.75, 3.05) is 0 Å². The highest BCUT2D eigenvalue weighted by molar-refractivity contribution is 6.74. The highest BCUT2D eigenvalue weighted by Gasteiger charge is 2.39. The lowest BCUT2D eigenvalue weighted by atomic mass is 10.1. The Hall–Kier alpha value is -0.713. The van der Waals surface area contributed by atoms with Crippen LogP contribution in [-0.4, -0.2) is 24.5 Å². The maximum absolute atomic E-state index is 9.70. The lowest BCUT2D eigenvalue weighted by molar-refractivity contribution is 0.0964. The molecule has 0 fully saturated rings. The predicted octanol–water partition coefficient (Wildman–Crippen LogP) is 3.92. The number of hydrogen-bond acceptors (Lipinski definition) is 3. The fourth-order valence-corrected chi connectivity index (χ4v) is 2.96. The number of aromatic nitrogens is 1. The zero-order valence-electron chi connectivity index (χ0n) is 13.0. The van der Waals surface area contributed by atoms with Gasteiger partial charge in [-0.2, -0.15) is 0 Å². The first-order valence-electron chi connectivity index (χ1n) is 6.89. The van der Waals surface area contributed by atoms with E-state index in [2.05, 4.69) is 38.8 Å². The zero-order valence-corrected chi connectivity index (χ0v) is 14.0. The summed E-state index contributed by atoms with van der Waals surface area (Å²) in [5.74, 6) is 0. The summed E-state index contributed by atoms with van der Waals surface area (Å²) >= 11 is 0. The summed E-state index contributed by atoms with van der Waals surface area (Å²) in [4.78, 5) is 4.16. The summed E-state index contributed by atoms with van der Waals surface area (Å²) < 4.78 is 6.44. The van der Waals surface area contributed by atoms with Crippen LogP contribution in [0.3, 0.4) is 0 Å². The Morgan fingerprint density at radius 3 is 2.42 bits per heavy atom. The third kappa shape index (κ3) is 4.71. The topological polar surface area (TPSA) is 42.4 Å². The van der Waals surface area contributed by atoms with Crippen LogP contribution < -0.4 is 0 Å². The van der Waals surface area contributed by atoms with E-state index in [1.165, 1.54) is 0 Å². The van der Waals surface area contributed by atoms with Crippen LogP contribution in [0, 0.1) is 0 Å². The number of nitrogens with zero attached hydrogens (tertiary/aromatic N) is 1. The van der Waals surface area contributed by atoms with Gasteiger partial charge in [0.05, 0.1) is 12.2 Å². The lowest BCUT2D eigenvalue weighted by Crippen LogP contribution is -2.42. The molecule has 1 aromatic rings. The molecule has 2 unspecified atom stereocenters. The van der Waals surface area contributed by atoms with Crippen LogP contribution >= 0.6 is 0 Å². The van der Waals surface area contributed by atoms with Crippen LogP contribution in [0.2, 0.25) is 18.1 Å². The molecule has 1 N–H and O–H groups in total. The average molecular weight is 281 g/mol. The van der Waals surface area contributed by atoms with Crippen molar-refractivity contribution in [3.05, 3.63) is 30.1 Å². The van der Waals surface area contributed by atoms with Gasteiger partial charge in [0.25, 0.3) is 0 Å². The highest BCUT2D eigenvalue weighted by atomic mass is 28.4. The Morgan fingerprint density at radius 2 is 2.00 bits per heavy atom. The van der Waals surface area contributed by atoms with Crippen LogP contribution in [0.5, 0.6) is 0 Å². The van der Waals surface area contributed by atoms with Gasteiger partial charge >= 0.3 is 0 Å². The lowest BCUT2D eigenvalue weighted by Gasteiger charge is -2.39. The molecule has 0 bridgehead atoms. The number of aliphatic hydroxyl groups excluding tert-OH is 1. The van der Waals surface area contributed by atoms with Crippen molar-refractivity contribution >= 4 is 8.32 Å². The summed E-state index contributed by atoms with van der Waals surface area (Å²) in [7, 11) is -1.86. The largest absolute Gasteiger partial charge is 0.410 e. The van der Waals surface area contributed by atoms with Gasteiger partial charge in [-0.15, -0.1) is 0 Å². The second-order valence-corrected chi connectivity index (χ2v) is 11.5. The second-order valence-electron chi connectivity index (χ2n) is 6.74. The Morgan fingerprint density at radius 1 is 1.37 bits per heavy atom. The van der Waals surface area contributed by atoms with Gasteiger partial charge in [0, 0.05) is 18.8 Å². The predicted molar refractivity (Wildman–Crippen MR) is 81.6 cm³/mol. The van der Waals surface area contributed by atoms with E-state index in [0.717, 1.165) is 5.56 Å². The van der Waals surface area contributed by atoms with Crippen molar-refractivity contribution < 1.29 is 9.53 Å². The molecule has 0 aromatic carbocycles. The monoisotopic (exact) mass is 281 g/mol. The molecule has 0 spiro atoms. The maximum atomic E-state index is 9.70. The van der Waals surface area contributed by atoms with Gasteiger partial charge in [-0.05, 0) is 36.7 Å². The first-order valence-corrected chi connectivity index (χ1v) is 9.80. The van der Waals surface area contributed by atoms with E-state index in [4.69, 9.17) is 4.43 Å². The summed E-state index contributed by atoms with van der Waals surface area (Å²) in [5.41, 5.74) is 1.05. The quantitative estimate of drug-likeness (QED) is 0.832. The molecule has 1 heterocycles. The highest BCUT2D eigenvalue weighted by Crippen LogP contribution is 2.40. The first kappa shape index (κ1) is 16.3. The van der Waals surface area contributed by atoms with Crippen molar-refractivity contribution in [1.29, 1.82) is 0 Å². The van der Waals surface area contributed by atoms with Crippen molar-refractivity contribution in [1.82, 2.24) is 4.98 Å². The Balaban J connectivity index is 2.94. The Bertz CT molecular complexity index is 385. The Kier molecular flexibility index (Phi) is 5.30. The van der Waals surface area contributed by atoms with Gasteiger partial charge in [0.15, 0.2) is 8.32 Å². The third-order valence-corrected chi connectivity index (χ3v) is 8.34. The molecule has 19 heavy (non-hydrogen) atoms. The first-order chi connectivity index (χ1) is 8.63. The molecular weight excluding hydrogens is 254 g/mol. The summed E-state index contributed by atoms with van der Waals surface area (Å²) in [5, 5.41) is 9.86. The van der Waals surface area contributed by atoms with Crippen molar-refractivity contribution in [3.63, 3.8) is 0 Å². The molecule has 0 amide bonds. The van der Waals surface area contributed by atoms with Crippen LogP contribution in [0.25, 0.3) is 0 Å². The molecule has 1 rings (SSSR count). The van der Waals surface area contributed by atoms with Gasteiger partial charge in [0.2, 0.25) is 0 Å². The molecule has 0 radical (unpaired) electrons. The van der Waals surface area contributed by atoms with Crippen molar-refractivity contribution in [2.24, 2.45) is 0 Å². The molecule has 0 aliphatic carbocycles.